The molecule has 1 unspecified atom stereocenters. The molecule has 3 aliphatic rings. The summed E-state index contributed by atoms with van der Waals surface area (Å²) in [6, 6.07) is -0.0487. The lowest BCUT2D eigenvalue weighted by atomic mass is 10.1. The molecule has 4 rings (SSSR count). The molecule has 1 saturated carbocycles. The van der Waals surface area contributed by atoms with Crippen LogP contribution in [0.1, 0.15) is 19.2 Å². The number of carbonyl (C=O) groups is 3. The number of aryl methyl sites for hydroxylation is 1. The van der Waals surface area contributed by atoms with Crippen LogP contribution < -0.4 is 11.1 Å². The molecule has 1 aliphatic carbocycles. The van der Waals surface area contributed by atoms with E-state index in [9.17, 15) is 14.4 Å². The van der Waals surface area contributed by atoms with Crippen LogP contribution in [0.2, 0.25) is 0 Å². The van der Waals surface area contributed by atoms with Crippen LogP contribution in [0.25, 0.3) is 0 Å². The first-order chi connectivity index (χ1) is 12.5. The smallest absolute Gasteiger partial charge is 0.239 e. The SMILES string of the molecule is CC1CN(C(=O)[C@@H]2[C@H]3CNC(=O)[C@H]32)CCN1C(=O)CCc1nc(N)n[nH]1. The Morgan fingerprint density at radius 3 is 2.77 bits per heavy atom. The number of anilines is 1. The Balaban J connectivity index is 1.28. The maximum Gasteiger partial charge on any atom is 0.239 e. The van der Waals surface area contributed by atoms with Gasteiger partial charge < -0.3 is 20.9 Å². The fraction of sp³-hybridized carbons (Fsp3) is 0.688. The van der Waals surface area contributed by atoms with Crippen molar-refractivity contribution in [2.24, 2.45) is 17.8 Å². The zero-order chi connectivity index (χ0) is 18.4. The summed E-state index contributed by atoms with van der Waals surface area (Å²) in [6.07, 6.45) is 0.773. The van der Waals surface area contributed by atoms with E-state index in [1.807, 2.05) is 16.7 Å². The van der Waals surface area contributed by atoms with E-state index in [1.165, 1.54) is 0 Å². The van der Waals surface area contributed by atoms with Crippen LogP contribution in [-0.4, -0.2) is 74.9 Å². The van der Waals surface area contributed by atoms with E-state index < -0.39 is 0 Å². The number of aromatic nitrogens is 3. The lowest BCUT2D eigenvalue weighted by molar-refractivity contribution is -0.144. The largest absolute Gasteiger partial charge is 0.367 e. The molecule has 10 nitrogen and oxygen atoms in total. The Hall–Kier alpha value is -2.65. The summed E-state index contributed by atoms with van der Waals surface area (Å²) in [4.78, 5) is 44.4. The summed E-state index contributed by atoms with van der Waals surface area (Å²) in [7, 11) is 0. The van der Waals surface area contributed by atoms with Gasteiger partial charge in [0, 0.05) is 51.0 Å². The molecule has 0 bridgehead atoms. The molecule has 3 fully saturated rings. The van der Waals surface area contributed by atoms with E-state index >= 15 is 0 Å². The molecule has 1 aromatic rings. The maximum atomic E-state index is 12.7. The second kappa shape index (κ2) is 6.26. The van der Waals surface area contributed by atoms with Crippen LogP contribution >= 0.6 is 0 Å². The van der Waals surface area contributed by atoms with Gasteiger partial charge in [0.25, 0.3) is 0 Å². The molecule has 2 saturated heterocycles. The van der Waals surface area contributed by atoms with Gasteiger partial charge in [-0.2, -0.15) is 4.98 Å². The Morgan fingerprint density at radius 2 is 2.15 bits per heavy atom. The lowest BCUT2D eigenvalue weighted by Crippen LogP contribution is -2.56. The topological polar surface area (TPSA) is 137 Å². The third-order valence-electron chi connectivity index (χ3n) is 5.65. The van der Waals surface area contributed by atoms with Crippen LogP contribution in [0, 0.1) is 17.8 Å². The van der Waals surface area contributed by atoms with Gasteiger partial charge in [-0.05, 0) is 6.92 Å². The average Bonchev–Trinajstić information content (AvgIpc) is 3.00. The van der Waals surface area contributed by atoms with Gasteiger partial charge in [0.2, 0.25) is 23.7 Å². The summed E-state index contributed by atoms with van der Waals surface area (Å²) < 4.78 is 0. The van der Waals surface area contributed by atoms with Crippen LogP contribution in [-0.2, 0) is 20.8 Å². The molecule has 3 heterocycles. The van der Waals surface area contributed by atoms with Crippen molar-refractivity contribution in [2.75, 3.05) is 31.9 Å². The van der Waals surface area contributed by atoms with Crippen LogP contribution in [0.4, 0.5) is 5.95 Å². The van der Waals surface area contributed by atoms with Gasteiger partial charge in [0.15, 0.2) is 0 Å². The fourth-order valence-electron chi connectivity index (χ4n) is 4.19. The quantitative estimate of drug-likeness (QED) is 0.589. The number of fused-ring (bicyclic) bond motifs is 1. The molecule has 0 spiro atoms. The van der Waals surface area contributed by atoms with Crippen molar-refractivity contribution in [1.29, 1.82) is 0 Å². The van der Waals surface area contributed by atoms with E-state index in [4.69, 9.17) is 5.73 Å². The molecule has 140 valence electrons. The Labute approximate surface area is 150 Å². The summed E-state index contributed by atoms with van der Waals surface area (Å²) in [5.41, 5.74) is 5.45. The van der Waals surface area contributed by atoms with Gasteiger partial charge in [-0.25, -0.2) is 0 Å². The van der Waals surface area contributed by atoms with Gasteiger partial charge in [-0.1, -0.05) is 0 Å². The van der Waals surface area contributed by atoms with Crippen molar-refractivity contribution in [3.05, 3.63) is 5.82 Å². The molecule has 3 amide bonds. The number of H-pyrrole nitrogens is 1. The molecule has 26 heavy (non-hydrogen) atoms. The summed E-state index contributed by atoms with van der Waals surface area (Å²) in [6.45, 7) is 4.10. The molecule has 0 aromatic carbocycles. The number of amides is 3. The Bertz CT molecular complexity index is 748. The number of rotatable bonds is 4. The number of aromatic amines is 1. The molecule has 4 atom stereocenters. The number of carbonyl (C=O) groups excluding carboxylic acids is 3. The minimum atomic E-state index is -0.157. The molecule has 10 heteroatoms. The summed E-state index contributed by atoms with van der Waals surface area (Å²) in [5.74, 6) is 0.736. The minimum Gasteiger partial charge on any atom is -0.367 e. The molecule has 1 aromatic heterocycles. The van der Waals surface area contributed by atoms with Gasteiger partial charge in [0.05, 0.1) is 11.8 Å². The first kappa shape index (κ1) is 16.8. The first-order valence-electron chi connectivity index (χ1n) is 8.98. The molecule has 4 N–H and O–H groups in total. The van der Waals surface area contributed by atoms with Crippen molar-refractivity contribution < 1.29 is 14.4 Å². The first-order valence-corrected chi connectivity index (χ1v) is 8.98. The molecule has 2 aliphatic heterocycles. The number of hydrogen-bond acceptors (Lipinski definition) is 6. The van der Waals surface area contributed by atoms with Crippen molar-refractivity contribution in [3.63, 3.8) is 0 Å². The van der Waals surface area contributed by atoms with Crippen LogP contribution in [0.15, 0.2) is 0 Å². The van der Waals surface area contributed by atoms with E-state index in [2.05, 4.69) is 20.5 Å². The van der Waals surface area contributed by atoms with E-state index in [0.29, 0.717) is 44.8 Å². The standard InChI is InChI=1S/C16H23N7O3/c1-8-7-22(15(26)13-9-6-18-14(25)12(9)13)4-5-23(8)11(24)3-2-10-19-16(17)21-20-10/h8-9,12-13H,2-7H2,1H3,(H,18,25)(H3,17,19,20,21)/t8?,9-,12+,13+/m0/s1. The van der Waals surface area contributed by atoms with Gasteiger partial charge in [-0.3, -0.25) is 19.5 Å². The third-order valence-corrected chi connectivity index (χ3v) is 5.65. The number of hydrogen-bond donors (Lipinski definition) is 3. The zero-order valence-corrected chi connectivity index (χ0v) is 14.6. The Morgan fingerprint density at radius 1 is 1.35 bits per heavy atom. The molecule has 0 radical (unpaired) electrons. The minimum absolute atomic E-state index is 0.00302. The average molecular weight is 361 g/mol. The van der Waals surface area contributed by atoms with Gasteiger partial charge >= 0.3 is 0 Å². The molecular weight excluding hydrogens is 338 g/mol. The van der Waals surface area contributed by atoms with Crippen molar-refractivity contribution in [3.8, 4) is 0 Å². The normalized spacial score (nSPS) is 30.1. The highest BCUT2D eigenvalue weighted by atomic mass is 16.2. The third kappa shape index (κ3) is 2.89. The van der Waals surface area contributed by atoms with Crippen molar-refractivity contribution in [1.82, 2.24) is 30.3 Å². The van der Waals surface area contributed by atoms with Crippen molar-refractivity contribution in [2.45, 2.75) is 25.8 Å². The summed E-state index contributed by atoms with van der Waals surface area (Å²) in [5, 5.41) is 9.23. The number of nitrogens with one attached hydrogen (secondary N) is 2. The monoisotopic (exact) mass is 361 g/mol. The predicted molar refractivity (Wildman–Crippen MR) is 90.4 cm³/mol. The number of nitrogens with zero attached hydrogens (tertiary/aromatic N) is 4. The Kier molecular flexibility index (Phi) is 4.04. The highest BCUT2D eigenvalue weighted by Crippen LogP contribution is 2.50. The predicted octanol–water partition coefficient (Wildman–Crippen LogP) is -1.63. The maximum absolute atomic E-state index is 12.7. The second-order valence-corrected chi connectivity index (χ2v) is 7.32. The number of piperidine rings is 1. The fourth-order valence-corrected chi connectivity index (χ4v) is 4.19. The van der Waals surface area contributed by atoms with E-state index in [-0.39, 0.29) is 47.5 Å². The second-order valence-electron chi connectivity index (χ2n) is 7.32. The van der Waals surface area contributed by atoms with Gasteiger partial charge in [0.1, 0.15) is 5.82 Å². The van der Waals surface area contributed by atoms with E-state index in [1.54, 1.807) is 0 Å². The number of nitrogens with two attached hydrogens (primary N) is 1. The van der Waals surface area contributed by atoms with Crippen LogP contribution in [0.3, 0.4) is 0 Å². The van der Waals surface area contributed by atoms with Crippen LogP contribution in [0.5, 0.6) is 0 Å². The lowest BCUT2D eigenvalue weighted by Gasteiger charge is -2.40. The highest BCUT2D eigenvalue weighted by molar-refractivity contribution is 5.95. The van der Waals surface area contributed by atoms with Crippen molar-refractivity contribution >= 4 is 23.7 Å². The summed E-state index contributed by atoms with van der Waals surface area (Å²) >= 11 is 0. The van der Waals surface area contributed by atoms with Gasteiger partial charge in [-0.15, -0.1) is 5.10 Å². The van der Waals surface area contributed by atoms with E-state index in [0.717, 1.165) is 0 Å². The highest BCUT2D eigenvalue weighted by Gasteiger charge is 2.63. The number of nitrogen functional groups attached to an aromatic ring is 1. The number of piperazine rings is 1. The molecular formula is C16H23N7O3. The zero-order valence-electron chi connectivity index (χ0n) is 14.6.